The van der Waals surface area contributed by atoms with Crippen LogP contribution in [0.3, 0.4) is 0 Å². The number of nitrogen functional groups attached to an aromatic ring is 1. The molecular formula is C10H12IN5O3. The van der Waals surface area contributed by atoms with E-state index in [-0.39, 0.29) is 18.1 Å². The van der Waals surface area contributed by atoms with Gasteiger partial charge in [0.05, 0.1) is 6.61 Å². The van der Waals surface area contributed by atoms with Crippen LogP contribution in [0.5, 0.6) is 0 Å². The Morgan fingerprint density at radius 2 is 2.42 bits per heavy atom. The number of anilines is 1. The van der Waals surface area contributed by atoms with Crippen molar-refractivity contribution in [2.45, 2.75) is 18.6 Å². The topological polar surface area (TPSA) is 119 Å². The first kappa shape index (κ1) is 12.8. The van der Waals surface area contributed by atoms with Gasteiger partial charge in [0, 0.05) is 13.0 Å². The average molecular weight is 377 g/mol. The lowest BCUT2D eigenvalue weighted by atomic mass is 10.1. The van der Waals surface area contributed by atoms with Gasteiger partial charge in [0.15, 0.2) is 11.4 Å². The monoisotopic (exact) mass is 377 g/mol. The van der Waals surface area contributed by atoms with Crippen LogP contribution in [0, 0.1) is 3.70 Å². The summed E-state index contributed by atoms with van der Waals surface area (Å²) in [5, 5.41) is 14.3. The zero-order valence-corrected chi connectivity index (χ0v) is 12.0. The molecule has 2 aromatic heterocycles. The Bertz CT molecular complexity index is 688. The van der Waals surface area contributed by atoms with Crippen molar-refractivity contribution in [2.24, 2.45) is 0 Å². The van der Waals surface area contributed by atoms with E-state index < -0.39 is 5.72 Å². The first-order valence-electron chi connectivity index (χ1n) is 5.77. The minimum atomic E-state index is -0.949. The molecule has 1 atom stereocenters. The SMILES string of the molecule is Nc1nc2c(c(I)nn2[C@]2(CO)CCCO2)c(=O)[nH]1. The van der Waals surface area contributed by atoms with Crippen LogP contribution >= 0.6 is 22.6 Å². The molecule has 1 saturated heterocycles. The van der Waals surface area contributed by atoms with Crippen LogP contribution in [0.1, 0.15) is 12.8 Å². The number of rotatable bonds is 2. The number of hydrogen-bond donors (Lipinski definition) is 3. The van der Waals surface area contributed by atoms with Gasteiger partial charge < -0.3 is 15.6 Å². The third-order valence-corrected chi connectivity index (χ3v) is 3.98. The summed E-state index contributed by atoms with van der Waals surface area (Å²) in [4.78, 5) is 18.5. The van der Waals surface area contributed by atoms with Gasteiger partial charge in [-0.1, -0.05) is 0 Å². The highest BCUT2D eigenvalue weighted by molar-refractivity contribution is 14.1. The van der Waals surface area contributed by atoms with Crippen LogP contribution < -0.4 is 11.3 Å². The number of nitrogens with one attached hydrogen (secondary N) is 1. The van der Waals surface area contributed by atoms with E-state index in [0.717, 1.165) is 6.42 Å². The first-order valence-corrected chi connectivity index (χ1v) is 6.84. The predicted octanol–water partition coefficient (Wildman–Crippen LogP) is -0.238. The van der Waals surface area contributed by atoms with Gasteiger partial charge in [-0.2, -0.15) is 10.1 Å². The number of fused-ring (bicyclic) bond motifs is 1. The lowest BCUT2D eigenvalue weighted by Crippen LogP contribution is -2.38. The number of aromatic amines is 1. The standard InChI is InChI=1S/C10H12IN5O3/c11-6-5-7(13-9(12)14-8(5)18)16(15-6)10(4-17)2-1-3-19-10/h17H,1-4H2,(H3,12,13,14,18)/t10-/m1/s1. The summed E-state index contributed by atoms with van der Waals surface area (Å²) in [6, 6.07) is 0. The lowest BCUT2D eigenvalue weighted by Gasteiger charge is -2.26. The Morgan fingerprint density at radius 3 is 3.05 bits per heavy atom. The summed E-state index contributed by atoms with van der Waals surface area (Å²) >= 11 is 1.96. The second-order valence-electron chi connectivity index (χ2n) is 4.41. The van der Waals surface area contributed by atoms with Crippen molar-refractivity contribution in [3.05, 3.63) is 14.1 Å². The fourth-order valence-electron chi connectivity index (χ4n) is 2.33. The van der Waals surface area contributed by atoms with Crippen molar-refractivity contribution in [3.8, 4) is 0 Å². The number of halogens is 1. The highest BCUT2D eigenvalue weighted by atomic mass is 127. The van der Waals surface area contributed by atoms with E-state index >= 15 is 0 Å². The van der Waals surface area contributed by atoms with Crippen molar-refractivity contribution in [1.29, 1.82) is 0 Å². The molecule has 19 heavy (non-hydrogen) atoms. The van der Waals surface area contributed by atoms with Gasteiger partial charge in [0.1, 0.15) is 9.09 Å². The molecule has 3 heterocycles. The van der Waals surface area contributed by atoms with Crippen LogP contribution in [-0.2, 0) is 10.5 Å². The minimum absolute atomic E-state index is 0.0149. The van der Waals surface area contributed by atoms with E-state index in [9.17, 15) is 9.90 Å². The van der Waals surface area contributed by atoms with Crippen molar-refractivity contribution in [1.82, 2.24) is 19.7 Å². The second-order valence-corrected chi connectivity index (χ2v) is 5.43. The van der Waals surface area contributed by atoms with Crippen LogP contribution in [0.4, 0.5) is 5.95 Å². The molecule has 102 valence electrons. The van der Waals surface area contributed by atoms with Crippen molar-refractivity contribution < 1.29 is 9.84 Å². The summed E-state index contributed by atoms with van der Waals surface area (Å²) in [5.41, 5.74) is 4.61. The van der Waals surface area contributed by atoms with E-state index in [2.05, 4.69) is 15.1 Å². The molecule has 0 aromatic carbocycles. The number of H-pyrrole nitrogens is 1. The Kier molecular flexibility index (Phi) is 2.98. The highest BCUT2D eigenvalue weighted by Crippen LogP contribution is 2.33. The molecule has 0 radical (unpaired) electrons. The number of nitrogens with zero attached hydrogens (tertiary/aromatic N) is 3. The smallest absolute Gasteiger partial charge is 0.264 e. The van der Waals surface area contributed by atoms with Gasteiger partial charge in [-0.25, -0.2) is 4.68 Å². The van der Waals surface area contributed by atoms with Gasteiger partial charge >= 0.3 is 0 Å². The second kappa shape index (κ2) is 4.42. The molecule has 4 N–H and O–H groups in total. The fourth-order valence-corrected chi connectivity index (χ4v) is 3.03. The molecule has 0 aliphatic carbocycles. The first-order chi connectivity index (χ1) is 9.07. The molecular weight excluding hydrogens is 365 g/mol. The van der Waals surface area contributed by atoms with E-state index in [1.54, 1.807) is 0 Å². The summed E-state index contributed by atoms with van der Waals surface area (Å²) in [6.07, 6.45) is 1.43. The average Bonchev–Trinajstić information content (AvgIpc) is 2.95. The highest BCUT2D eigenvalue weighted by Gasteiger charge is 2.39. The van der Waals surface area contributed by atoms with Crippen LogP contribution in [-0.4, -0.2) is 38.1 Å². The van der Waals surface area contributed by atoms with Crippen LogP contribution in [0.2, 0.25) is 0 Å². The van der Waals surface area contributed by atoms with E-state index in [1.807, 2.05) is 22.6 Å². The zero-order valence-electron chi connectivity index (χ0n) is 9.89. The number of aromatic nitrogens is 4. The summed E-state index contributed by atoms with van der Waals surface area (Å²) < 4.78 is 7.61. The molecule has 0 spiro atoms. The van der Waals surface area contributed by atoms with Gasteiger partial charge in [-0.3, -0.25) is 9.78 Å². The summed E-state index contributed by atoms with van der Waals surface area (Å²) in [6.45, 7) is 0.311. The van der Waals surface area contributed by atoms with Crippen LogP contribution in [0.25, 0.3) is 11.0 Å². The zero-order chi connectivity index (χ0) is 13.6. The van der Waals surface area contributed by atoms with Gasteiger partial charge in [0.2, 0.25) is 5.95 Å². The van der Waals surface area contributed by atoms with Crippen molar-refractivity contribution >= 4 is 39.6 Å². The maximum atomic E-state index is 11.9. The Labute approximate surface area is 121 Å². The quantitative estimate of drug-likeness (QED) is 0.622. The summed E-state index contributed by atoms with van der Waals surface area (Å²) in [5.74, 6) is 0.0149. The third kappa shape index (κ3) is 1.83. The predicted molar refractivity (Wildman–Crippen MR) is 75.5 cm³/mol. The molecule has 9 heteroatoms. The van der Waals surface area contributed by atoms with Gasteiger partial charge in [-0.05, 0) is 29.0 Å². The lowest BCUT2D eigenvalue weighted by molar-refractivity contribution is -0.105. The molecule has 1 aliphatic rings. The number of aliphatic hydroxyl groups excluding tert-OH is 1. The van der Waals surface area contributed by atoms with Crippen molar-refractivity contribution in [2.75, 3.05) is 18.9 Å². The number of nitrogens with two attached hydrogens (primary N) is 1. The molecule has 3 rings (SSSR count). The Morgan fingerprint density at radius 1 is 1.63 bits per heavy atom. The molecule has 0 saturated carbocycles. The third-order valence-electron chi connectivity index (χ3n) is 3.23. The molecule has 2 aromatic rings. The van der Waals surface area contributed by atoms with E-state index in [0.29, 0.717) is 27.8 Å². The minimum Gasteiger partial charge on any atom is -0.391 e. The molecule has 1 fully saturated rings. The molecule has 0 unspecified atom stereocenters. The van der Waals surface area contributed by atoms with E-state index in [1.165, 1.54) is 4.68 Å². The maximum absolute atomic E-state index is 11.9. The summed E-state index contributed by atoms with van der Waals surface area (Å²) in [7, 11) is 0. The van der Waals surface area contributed by atoms with Gasteiger partial charge in [-0.15, -0.1) is 0 Å². The molecule has 0 bridgehead atoms. The maximum Gasteiger partial charge on any atom is 0.264 e. The largest absolute Gasteiger partial charge is 0.391 e. The van der Waals surface area contributed by atoms with Crippen LogP contribution in [0.15, 0.2) is 4.79 Å². The fraction of sp³-hybridized carbons (Fsp3) is 0.500. The number of ether oxygens (including phenoxy) is 1. The van der Waals surface area contributed by atoms with Crippen molar-refractivity contribution in [3.63, 3.8) is 0 Å². The van der Waals surface area contributed by atoms with Gasteiger partial charge in [0.25, 0.3) is 5.56 Å². The Balaban J connectivity index is 2.33. The Hall–Kier alpha value is -1.20. The molecule has 1 aliphatic heterocycles. The van der Waals surface area contributed by atoms with E-state index in [4.69, 9.17) is 10.5 Å². The normalized spacial score (nSPS) is 23.3. The molecule has 0 amide bonds. The number of aliphatic hydroxyl groups is 1. The number of hydrogen-bond acceptors (Lipinski definition) is 6. The molecule has 8 nitrogen and oxygen atoms in total.